The summed E-state index contributed by atoms with van der Waals surface area (Å²) >= 11 is 0. The number of amides is 2. The van der Waals surface area contributed by atoms with Crippen molar-refractivity contribution in [3.8, 4) is 11.3 Å². The van der Waals surface area contributed by atoms with Crippen LogP contribution in [-0.2, 0) is 14.3 Å². The molecule has 2 aromatic heterocycles. The Labute approximate surface area is 175 Å². The lowest BCUT2D eigenvalue weighted by molar-refractivity contribution is -0.116. The third kappa shape index (κ3) is 5.03. The highest BCUT2D eigenvalue weighted by Crippen LogP contribution is 2.24. The topological polar surface area (TPSA) is 85.2 Å². The Morgan fingerprint density at radius 2 is 2.00 bits per heavy atom. The van der Waals surface area contributed by atoms with E-state index in [1.54, 1.807) is 31.3 Å². The van der Waals surface area contributed by atoms with E-state index < -0.39 is 0 Å². The number of nitrogens with zero attached hydrogens (tertiary/aromatic N) is 3. The van der Waals surface area contributed by atoms with E-state index in [1.807, 2.05) is 40.9 Å². The maximum atomic E-state index is 12.5. The van der Waals surface area contributed by atoms with Gasteiger partial charge >= 0.3 is 0 Å². The van der Waals surface area contributed by atoms with Crippen molar-refractivity contribution in [1.29, 1.82) is 0 Å². The van der Waals surface area contributed by atoms with Gasteiger partial charge in [-0.25, -0.2) is 4.98 Å². The first kappa shape index (κ1) is 21.5. The van der Waals surface area contributed by atoms with Crippen LogP contribution in [0.2, 0.25) is 0 Å². The fourth-order valence-corrected chi connectivity index (χ4v) is 2.97. The third-order valence-electron chi connectivity index (χ3n) is 4.73. The largest absolute Gasteiger partial charge is 0.382 e. The van der Waals surface area contributed by atoms with Crippen LogP contribution in [0.4, 0.5) is 5.69 Å². The normalized spacial score (nSPS) is 10.9. The number of carbonyl (C=O) groups excluding carboxylic acids is 2. The van der Waals surface area contributed by atoms with Crippen molar-refractivity contribution in [1.82, 2.24) is 14.7 Å². The average molecular weight is 410 g/mol. The molecule has 0 saturated carbocycles. The number of benzene rings is 1. The molecule has 1 aromatic carbocycles. The number of hydrogen-bond acceptors (Lipinski definition) is 5. The Bertz CT molecular complexity index is 1030. The molecule has 0 aliphatic rings. The number of fused-ring (bicyclic) bond motifs is 1. The van der Waals surface area contributed by atoms with Gasteiger partial charge in [-0.3, -0.25) is 14.0 Å². The zero-order chi connectivity index (χ0) is 21.5. The Morgan fingerprint density at radius 1 is 1.17 bits per heavy atom. The van der Waals surface area contributed by atoms with Gasteiger partial charge in [-0.15, -0.1) is 0 Å². The van der Waals surface area contributed by atoms with Gasteiger partial charge in [0.05, 0.1) is 37.4 Å². The Hall–Kier alpha value is -3.23. The van der Waals surface area contributed by atoms with Crippen molar-refractivity contribution in [3.63, 3.8) is 0 Å². The summed E-state index contributed by atoms with van der Waals surface area (Å²) in [6.45, 7) is 3.39. The fraction of sp³-hybridized carbons (Fsp3) is 0.318. The Balaban J connectivity index is 1.77. The van der Waals surface area contributed by atoms with Gasteiger partial charge in [-0.05, 0) is 24.3 Å². The van der Waals surface area contributed by atoms with Gasteiger partial charge in [-0.2, -0.15) is 0 Å². The minimum Gasteiger partial charge on any atom is -0.382 e. The van der Waals surface area contributed by atoms with Gasteiger partial charge in [0.15, 0.2) is 0 Å². The molecule has 3 rings (SSSR count). The summed E-state index contributed by atoms with van der Waals surface area (Å²) in [5, 5.41) is 2.85. The van der Waals surface area contributed by atoms with Gasteiger partial charge in [-0.1, -0.05) is 12.1 Å². The average Bonchev–Trinajstić information content (AvgIpc) is 3.18. The van der Waals surface area contributed by atoms with Crippen LogP contribution >= 0.6 is 0 Å². The molecule has 158 valence electrons. The molecule has 0 saturated heterocycles. The van der Waals surface area contributed by atoms with Gasteiger partial charge < -0.3 is 19.7 Å². The van der Waals surface area contributed by atoms with Crippen molar-refractivity contribution >= 4 is 23.1 Å². The lowest BCUT2D eigenvalue weighted by Crippen LogP contribution is -2.27. The summed E-state index contributed by atoms with van der Waals surface area (Å²) in [6, 6.07) is 11.1. The molecule has 0 radical (unpaired) electrons. The lowest BCUT2D eigenvalue weighted by Gasteiger charge is -2.15. The fourth-order valence-electron chi connectivity index (χ4n) is 2.97. The van der Waals surface area contributed by atoms with Crippen LogP contribution < -0.4 is 10.2 Å². The van der Waals surface area contributed by atoms with Crippen molar-refractivity contribution in [3.05, 3.63) is 54.4 Å². The zero-order valence-electron chi connectivity index (χ0n) is 17.4. The number of nitrogens with one attached hydrogen (secondary N) is 1. The number of ether oxygens (including phenoxy) is 2. The quantitative estimate of drug-likeness (QED) is 0.548. The van der Waals surface area contributed by atoms with E-state index in [-0.39, 0.29) is 11.8 Å². The van der Waals surface area contributed by atoms with E-state index >= 15 is 0 Å². The summed E-state index contributed by atoms with van der Waals surface area (Å²) in [7, 11) is 3.34. The lowest BCUT2D eigenvalue weighted by atomic mass is 10.1. The van der Waals surface area contributed by atoms with E-state index in [2.05, 4.69) is 10.3 Å². The molecule has 0 aliphatic heterocycles. The first-order valence-corrected chi connectivity index (χ1v) is 9.68. The highest BCUT2D eigenvalue weighted by molar-refractivity contribution is 5.95. The van der Waals surface area contributed by atoms with Crippen LogP contribution in [0.25, 0.3) is 16.9 Å². The summed E-state index contributed by atoms with van der Waals surface area (Å²) in [5.41, 5.74) is 3.76. The number of anilines is 1. The molecule has 8 nitrogen and oxygen atoms in total. The molecular formula is C22H26N4O4. The van der Waals surface area contributed by atoms with Crippen LogP contribution in [0.3, 0.4) is 0 Å². The van der Waals surface area contributed by atoms with Crippen LogP contribution in [-0.4, -0.2) is 61.7 Å². The summed E-state index contributed by atoms with van der Waals surface area (Å²) in [4.78, 5) is 30.2. The molecule has 2 heterocycles. The second-order valence-corrected chi connectivity index (χ2v) is 6.78. The number of aromatic nitrogens is 2. The maximum Gasteiger partial charge on any atom is 0.251 e. The third-order valence-corrected chi connectivity index (χ3v) is 4.73. The highest BCUT2D eigenvalue weighted by Gasteiger charge is 2.12. The van der Waals surface area contributed by atoms with Crippen molar-refractivity contribution in [2.75, 3.05) is 45.4 Å². The molecule has 1 N–H and O–H groups in total. The minimum atomic E-state index is -0.169. The summed E-state index contributed by atoms with van der Waals surface area (Å²) in [6.07, 6.45) is 3.62. The van der Waals surface area contributed by atoms with E-state index in [1.165, 1.54) is 6.92 Å². The van der Waals surface area contributed by atoms with E-state index in [0.717, 1.165) is 22.6 Å². The second-order valence-electron chi connectivity index (χ2n) is 6.78. The molecule has 0 atom stereocenters. The minimum absolute atomic E-state index is 0.0547. The summed E-state index contributed by atoms with van der Waals surface area (Å²) < 4.78 is 12.2. The van der Waals surface area contributed by atoms with Crippen molar-refractivity contribution in [2.24, 2.45) is 0 Å². The van der Waals surface area contributed by atoms with Gasteiger partial charge in [0, 0.05) is 44.9 Å². The Morgan fingerprint density at radius 3 is 2.77 bits per heavy atom. The van der Waals surface area contributed by atoms with Crippen LogP contribution in [0.1, 0.15) is 17.3 Å². The molecule has 0 bridgehead atoms. The Kier molecular flexibility index (Phi) is 7.16. The first-order chi connectivity index (χ1) is 14.5. The molecule has 30 heavy (non-hydrogen) atoms. The second kappa shape index (κ2) is 10.00. The van der Waals surface area contributed by atoms with Crippen LogP contribution in [0.5, 0.6) is 0 Å². The predicted octanol–water partition coefficient (Wildman–Crippen LogP) is 2.38. The van der Waals surface area contributed by atoms with Crippen molar-refractivity contribution < 1.29 is 19.1 Å². The smallest absolute Gasteiger partial charge is 0.251 e. The molecule has 0 unspecified atom stereocenters. The highest BCUT2D eigenvalue weighted by atomic mass is 16.5. The predicted molar refractivity (Wildman–Crippen MR) is 115 cm³/mol. The molecule has 0 fully saturated rings. The van der Waals surface area contributed by atoms with Crippen LogP contribution in [0.15, 0.2) is 48.8 Å². The molecule has 8 heteroatoms. The molecule has 2 amide bonds. The standard InChI is InChI=1S/C22H26N4O4/c1-16(27)25(2)19-7-8-21-24-14-20(26(21)15-19)17-5-4-6-18(13-17)22(28)23-9-10-30-12-11-29-3/h4-8,13-15H,9-12H2,1-3H3,(H,23,28). The van der Waals surface area contributed by atoms with Crippen molar-refractivity contribution in [2.45, 2.75) is 6.92 Å². The monoisotopic (exact) mass is 410 g/mol. The molecule has 3 aromatic rings. The number of carbonyl (C=O) groups is 2. The number of hydrogen-bond donors (Lipinski definition) is 1. The van der Waals surface area contributed by atoms with E-state index in [4.69, 9.17) is 9.47 Å². The zero-order valence-corrected chi connectivity index (χ0v) is 17.4. The molecule has 0 spiro atoms. The van der Waals surface area contributed by atoms with Gasteiger partial charge in [0.2, 0.25) is 5.91 Å². The SMILES string of the molecule is COCCOCCNC(=O)c1cccc(-c2cnc3ccc(N(C)C(C)=O)cn23)c1. The number of pyridine rings is 1. The number of methoxy groups -OCH3 is 1. The van der Waals surface area contributed by atoms with Gasteiger partial charge in [0.1, 0.15) is 5.65 Å². The number of imidazole rings is 1. The van der Waals surface area contributed by atoms with E-state index in [9.17, 15) is 9.59 Å². The maximum absolute atomic E-state index is 12.5. The molecular weight excluding hydrogens is 384 g/mol. The van der Waals surface area contributed by atoms with Gasteiger partial charge in [0.25, 0.3) is 5.91 Å². The molecule has 0 aliphatic carbocycles. The number of rotatable bonds is 9. The summed E-state index contributed by atoms with van der Waals surface area (Å²) in [5.74, 6) is -0.223. The van der Waals surface area contributed by atoms with E-state index in [0.29, 0.717) is 31.9 Å². The first-order valence-electron chi connectivity index (χ1n) is 9.68. The van der Waals surface area contributed by atoms with Crippen LogP contribution in [0, 0.1) is 0 Å².